The summed E-state index contributed by atoms with van der Waals surface area (Å²) in [7, 11) is 0. The van der Waals surface area contributed by atoms with E-state index in [4.69, 9.17) is 4.74 Å². The van der Waals surface area contributed by atoms with Crippen LogP contribution in [-0.2, 0) is 6.42 Å². The van der Waals surface area contributed by atoms with Crippen molar-refractivity contribution in [2.75, 3.05) is 0 Å². The van der Waals surface area contributed by atoms with Gasteiger partial charge in [0.15, 0.2) is 5.78 Å². The molecule has 1 heterocycles. The first-order valence-corrected chi connectivity index (χ1v) is 7.35. The first kappa shape index (κ1) is 13.8. The summed E-state index contributed by atoms with van der Waals surface area (Å²) >= 11 is 1.50. The highest BCUT2D eigenvalue weighted by molar-refractivity contribution is 7.12. The number of thiophene rings is 1. The molecule has 2 rings (SSSR count). The third-order valence-corrected chi connectivity index (χ3v) is 3.62. The monoisotopic (exact) mass is 274 g/mol. The maximum Gasteiger partial charge on any atom is 0.173 e. The number of benzene rings is 1. The molecule has 0 unspecified atom stereocenters. The van der Waals surface area contributed by atoms with Crippen LogP contribution in [0.5, 0.6) is 5.75 Å². The summed E-state index contributed by atoms with van der Waals surface area (Å²) < 4.78 is 5.65. The van der Waals surface area contributed by atoms with Crippen molar-refractivity contribution in [2.45, 2.75) is 32.8 Å². The minimum atomic E-state index is 0.169. The van der Waals surface area contributed by atoms with E-state index in [9.17, 15) is 4.79 Å². The third-order valence-electron chi connectivity index (χ3n) is 2.71. The second-order valence-electron chi connectivity index (χ2n) is 4.71. The average molecular weight is 274 g/mol. The second-order valence-corrected chi connectivity index (χ2v) is 5.66. The topological polar surface area (TPSA) is 26.3 Å². The van der Waals surface area contributed by atoms with E-state index in [0.717, 1.165) is 22.6 Å². The molecule has 0 bridgehead atoms. The van der Waals surface area contributed by atoms with Gasteiger partial charge in [-0.15, -0.1) is 11.3 Å². The lowest BCUT2D eigenvalue weighted by molar-refractivity contribution is 0.0986. The predicted octanol–water partition coefficient (Wildman–Crippen LogP) is 4.35. The maximum atomic E-state index is 11.9. The molecule has 2 aromatic rings. The number of hydrogen-bond acceptors (Lipinski definition) is 3. The molecule has 0 fully saturated rings. The fourth-order valence-electron chi connectivity index (χ4n) is 1.86. The van der Waals surface area contributed by atoms with Gasteiger partial charge < -0.3 is 4.74 Å². The van der Waals surface area contributed by atoms with Gasteiger partial charge in [0.05, 0.1) is 11.0 Å². The van der Waals surface area contributed by atoms with Crippen molar-refractivity contribution in [2.24, 2.45) is 0 Å². The van der Waals surface area contributed by atoms with Gasteiger partial charge in [0, 0.05) is 6.42 Å². The van der Waals surface area contributed by atoms with Crippen molar-refractivity contribution < 1.29 is 9.53 Å². The fourth-order valence-corrected chi connectivity index (χ4v) is 2.56. The molecule has 1 aromatic carbocycles. The third kappa shape index (κ3) is 4.21. The van der Waals surface area contributed by atoms with Crippen LogP contribution in [0.3, 0.4) is 0 Å². The highest BCUT2D eigenvalue weighted by Crippen LogP contribution is 2.18. The minimum Gasteiger partial charge on any atom is -0.491 e. The summed E-state index contributed by atoms with van der Waals surface area (Å²) in [6.07, 6.45) is 1.47. The number of aryl methyl sites for hydroxylation is 1. The molecule has 0 saturated carbocycles. The van der Waals surface area contributed by atoms with E-state index >= 15 is 0 Å². The molecule has 100 valence electrons. The van der Waals surface area contributed by atoms with Gasteiger partial charge in [-0.3, -0.25) is 4.79 Å². The van der Waals surface area contributed by atoms with Crippen LogP contribution in [0.4, 0.5) is 0 Å². The lowest BCUT2D eigenvalue weighted by Crippen LogP contribution is -2.06. The Kier molecular flexibility index (Phi) is 4.74. The minimum absolute atomic E-state index is 0.169. The van der Waals surface area contributed by atoms with Gasteiger partial charge in [0.1, 0.15) is 5.75 Å². The van der Waals surface area contributed by atoms with E-state index in [2.05, 4.69) is 0 Å². The Balaban J connectivity index is 1.94. The number of ketones is 1. The number of rotatable bonds is 6. The lowest BCUT2D eigenvalue weighted by Gasteiger charge is -2.10. The van der Waals surface area contributed by atoms with Gasteiger partial charge in [0.25, 0.3) is 0 Å². The SMILES string of the molecule is CC(C)Oc1cccc(CCC(=O)c2cccs2)c1. The molecule has 0 aliphatic carbocycles. The van der Waals surface area contributed by atoms with E-state index < -0.39 is 0 Å². The summed E-state index contributed by atoms with van der Waals surface area (Å²) in [5, 5.41) is 1.93. The molecule has 0 spiro atoms. The molecule has 19 heavy (non-hydrogen) atoms. The van der Waals surface area contributed by atoms with Gasteiger partial charge in [-0.1, -0.05) is 18.2 Å². The highest BCUT2D eigenvalue weighted by atomic mass is 32.1. The van der Waals surface area contributed by atoms with E-state index in [1.165, 1.54) is 11.3 Å². The molecule has 3 heteroatoms. The first-order valence-electron chi connectivity index (χ1n) is 6.47. The van der Waals surface area contributed by atoms with Gasteiger partial charge >= 0.3 is 0 Å². The maximum absolute atomic E-state index is 11.9. The van der Waals surface area contributed by atoms with Crippen LogP contribution in [0.2, 0.25) is 0 Å². The Morgan fingerprint density at radius 1 is 1.26 bits per heavy atom. The first-order chi connectivity index (χ1) is 9.15. The van der Waals surface area contributed by atoms with Crippen molar-refractivity contribution in [3.63, 3.8) is 0 Å². The molecule has 0 saturated heterocycles. The Labute approximate surface area is 118 Å². The van der Waals surface area contributed by atoms with Crippen molar-refractivity contribution in [1.82, 2.24) is 0 Å². The second kappa shape index (κ2) is 6.53. The molecule has 1 aromatic heterocycles. The molecular weight excluding hydrogens is 256 g/mol. The van der Waals surface area contributed by atoms with Gasteiger partial charge in [-0.25, -0.2) is 0 Å². The van der Waals surface area contributed by atoms with Crippen LogP contribution < -0.4 is 4.74 Å². The summed E-state index contributed by atoms with van der Waals surface area (Å²) in [5.74, 6) is 1.08. The van der Waals surface area contributed by atoms with Gasteiger partial charge in [-0.05, 0) is 49.4 Å². The van der Waals surface area contributed by atoms with E-state index in [0.29, 0.717) is 6.42 Å². The van der Waals surface area contributed by atoms with Gasteiger partial charge in [-0.2, -0.15) is 0 Å². The van der Waals surface area contributed by atoms with Crippen molar-refractivity contribution in [3.05, 3.63) is 52.2 Å². The molecule has 0 aliphatic rings. The smallest absolute Gasteiger partial charge is 0.173 e. The zero-order chi connectivity index (χ0) is 13.7. The van der Waals surface area contributed by atoms with Gasteiger partial charge in [0.2, 0.25) is 0 Å². The van der Waals surface area contributed by atoms with Crippen molar-refractivity contribution in [3.8, 4) is 5.75 Å². The highest BCUT2D eigenvalue weighted by Gasteiger charge is 2.07. The summed E-state index contributed by atoms with van der Waals surface area (Å²) in [5.41, 5.74) is 1.14. The molecule has 0 atom stereocenters. The fraction of sp³-hybridized carbons (Fsp3) is 0.312. The Morgan fingerprint density at radius 2 is 2.11 bits per heavy atom. The zero-order valence-corrected chi connectivity index (χ0v) is 12.1. The number of ether oxygens (including phenoxy) is 1. The van der Waals surface area contributed by atoms with Crippen LogP contribution >= 0.6 is 11.3 Å². The van der Waals surface area contributed by atoms with E-state index in [1.54, 1.807) is 0 Å². The Morgan fingerprint density at radius 3 is 2.79 bits per heavy atom. The summed E-state index contributed by atoms with van der Waals surface area (Å²) in [6, 6.07) is 11.8. The largest absolute Gasteiger partial charge is 0.491 e. The molecule has 0 N–H and O–H groups in total. The van der Waals surface area contributed by atoms with Crippen LogP contribution in [0.15, 0.2) is 41.8 Å². The van der Waals surface area contributed by atoms with Crippen molar-refractivity contribution in [1.29, 1.82) is 0 Å². The molecule has 2 nitrogen and oxygen atoms in total. The molecule has 0 amide bonds. The number of Topliss-reactive ketones (excluding diaryl/α,β-unsaturated/α-hetero) is 1. The van der Waals surface area contributed by atoms with Crippen LogP contribution in [0.1, 0.15) is 35.5 Å². The van der Waals surface area contributed by atoms with Crippen LogP contribution in [0.25, 0.3) is 0 Å². The Bertz CT molecular complexity index is 529. The van der Waals surface area contributed by atoms with E-state index in [-0.39, 0.29) is 11.9 Å². The van der Waals surface area contributed by atoms with Crippen molar-refractivity contribution >= 4 is 17.1 Å². The molecule has 0 radical (unpaired) electrons. The Hall–Kier alpha value is -1.61. The number of hydrogen-bond donors (Lipinski definition) is 0. The molecular formula is C16H18O2S. The number of carbonyl (C=O) groups is 1. The van der Waals surface area contributed by atoms with Crippen LogP contribution in [0, 0.1) is 0 Å². The average Bonchev–Trinajstić information content (AvgIpc) is 2.89. The predicted molar refractivity (Wildman–Crippen MR) is 79.2 cm³/mol. The summed E-state index contributed by atoms with van der Waals surface area (Å²) in [4.78, 5) is 12.8. The lowest BCUT2D eigenvalue weighted by atomic mass is 10.1. The normalized spacial score (nSPS) is 10.7. The van der Waals surface area contributed by atoms with Crippen LogP contribution in [-0.4, -0.2) is 11.9 Å². The standard InChI is InChI=1S/C16H18O2S/c1-12(2)18-14-6-3-5-13(11-14)8-9-15(17)16-7-4-10-19-16/h3-7,10-12H,8-9H2,1-2H3. The summed E-state index contributed by atoms with van der Waals surface area (Å²) in [6.45, 7) is 4.01. The van der Waals surface area contributed by atoms with E-state index in [1.807, 2.05) is 55.6 Å². The molecule has 0 aliphatic heterocycles. The quantitative estimate of drug-likeness (QED) is 0.732. The zero-order valence-electron chi connectivity index (χ0n) is 11.3. The number of carbonyl (C=O) groups excluding carboxylic acids is 1.